The van der Waals surface area contributed by atoms with Crippen LogP contribution in [-0.2, 0) is 0 Å². The van der Waals surface area contributed by atoms with Crippen LogP contribution in [-0.4, -0.2) is 27.1 Å². The van der Waals surface area contributed by atoms with Crippen molar-refractivity contribution in [3.8, 4) is 0 Å². The van der Waals surface area contributed by atoms with Gasteiger partial charge < -0.3 is 10.2 Å². The first-order valence-electron chi connectivity index (χ1n) is 3.79. The van der Waals surface area contributed by atoms with Gasteiger partial charge >= 0.3 is 11.9 Å². The van der Waals surface area contributed by atoms with E-state index >= 15 is 0 Å². The Kier molecular flexibility index (Phi) is 3.23. The third kappa shape index (κ3) is 2.01. The Bertz CT molecular complexity index is 498. The maximum Gasteiger partial charge on any atom is 0.343 e. The third-order valence-electron chi connectivity index (χ3n) is 1.76. The Labute approximate surface area is 96.6 Å². The molecule has 0 amide bonds. The zero-order valence-corrected chi connectivity index (χ0v) is 9.09. The third-order valence-corrected chi connectivity index (χ3v) is 2.40. The Hall–Kier alpha value is -1.96. The zero-order valence-electron chi connectivity index (χ0n) is 7.51. The summed E-state index contributed by atoms with van der Waals surface area (Å²) in [6.07, 6.45) is 0. The highest BCUT2D eigenvalue weighted by atomic mass is 79.9. The van der Waals surface area contributed by atoms with Crippen LogP contribution in [0.4, 0.5) is 5.69 Å². The van der Waals surface area contributed by atoms with Gasteiger partial charge in [-0.05, 0) is 28.1 Å². The number of hydrogen-bond acceptors (Lipinski definition) is 4. The number of carboxylic acids is 2. The molecular weight excluding hydrogens is 286 g/mol. The minimum absolute atomic E-state index is 0.0834. The highest BCUT2D eigenvalue weighted by Gasteiger charge is 2.29. The topological polar surface area (TPSA) is 118 Å². The highest BCUT2D eigenvalue weighted by molar-refractivity contribution is 9.10. The summed E-state index contributed by atoms with van der Waals surface area (Å²) in [7, 11) is 0. The van der Waals surface area contributed by atoms with Crippen molar-refractivity contribution in [3.05, 3.63) is 37.8 Å². The summed E-state index contributed by atoms with van der Waals surface area (Å²) in [5.41, 5.74) is -2.23. The van der Waals surface area contributed by atoms with E-state index in [2.05, 4.69) is 15.9 Å². The number of carbonyl (C=O) groups is 2. The van der Waals surface area contributed by atoms with Crippen molar-refractivity contribution in [1.29, 1.82) is 0 Å². The average Bonchev–Trinajstić information content (AvgIpc) is 2.15. The van der Waals surface area contributed by atoms with Gasteiger partial charge in [0.15, 0.2) is 5.56 Å². The molecule has 0 aliphatic heterocycles. The fourth-order valence-electron chi connectivity index (χ4n) is 1.14. The molecule has 0 unspecified atom stereocenters. The van der Waals surface area contributed by atoms with Crippen molar-refractivity contribution >= 4 is 33.6 Å². The van der Waals surface area contributed by atoms with Crippen molar-refractivity contribution < 1.29 is 24.7 Å². The van der Waals surface area contributed by atoms with Crippen molar-refractivity contribution in [2.45, 2.75) is 0 Å². The van der Waals surface area contributed by atoms with E-state index in [0.29, 0.717) is 0 Å². The molecule has 1 rings (SSSR count). The lowest BCUT2D eigenvalue weighted by Gasteiger charge is -2.03. The molecule has 0 aliphatic rings. The van der Waals surface area contributed by atoms with E-state index in [1.165, 1.54) is 0 Å². The molecular formula is C8H4BrNO6. The van der Waals surface area contributed by atoms with Gasteiger partial charge in [0.2, 0.25) is 0 Å². The van der Waals surface area contributed by atoms with Crippen molar-refractivity contribution in [2.75, 3.05) is 0 Å². The molecule has 0 atom stereocenters. The minimum Gasteiger partial charge on any atom is -0.478 e. The van der Waals surface area contributed by atoms with Gasteiger partial charge in [-0.15, -0.1) is 0 Å². The van der Waals surface area contributed by atoms with Crippen LogP contribution < -0.4 is 0 Å². The lowest BCUT2D eigenvalue weighted by molar-refractivity contribution is -0.386. The molecule has 2 N–H and O–H groups in total. The number of aromatic carboxylic acids is 2. The number of halogens is 1. The number of nitro benzene ring substituents is 1. The van der Waals surface area contributed by atoms with Crippen LogP contribution in [0.1, 0.15) is 20.7 Å². The molecule has 0 spiro atoms. The maximum atomic E-state index is 10.8. The fraction of sp³-hybridized carbons (Fsp3) is 0. The molecule has 84 valence electrons. The number of nitrogens with zero attached hydrogens (tertiary/aromatic N) is 1. The van der Waals surface area contributed by atoms with Gasteiger partial charge in [0.25, 0.3) is 5.69 Å². The van der Waals surface area contributed by atoms with E-state index in [0.717, 1.165) is 12.1 Å². The lowest BCUT2D eigenvalue weighted by atomic mass is 10.1. The maximum absolute atomic E-state index is 10.8. The molecule has 0 aromatic heterocycles. The molecule has 0 saturated heterocycles. The van der Waals surface area contributed by atoms with Gasteiger partial charge in [-0.25, -0.2) is 9.59 Å². The van der Waals surface area contributed by atoms with E-state index in [4.69, 9.17) is 10.2 Å². The second kappa shape index (κ2) is 4.27. The Balaban J connectivity index is 3.70. The van der Waals surface area contributed by atoms with Crippen LogP contribution in [0, 0.1) is 10.1 Å². The smallest absolute Gasteiger partial charge is 0.343 e. The van der Waals surface area contributed by atoms with Crippen LogP contribution in [0.2, 0.25) is 0 Å². The first-order chi connectivity index (χ1) is 7.36. The number of benzene rings is 1. The van der Waals surface area contributed by atoms with Gasteiger partial charge in [-0.2, -0.15) is 0 Å². The van der Waals surface area contributed by atoms with Crippen LogP contribution in [0.3, 0.4) is 0 Å². The normalized spacial score (nSPS) is 9.81. The quantitative estimate of drug-likeness (QED) is 0.646. The van der Waals surface area contributed by atoms with Crippen LogP contribution in [0.5, 0.6) is 0 Å². The Morgan fingerprint density at radius 1 is 1.25 bits per heavy atom. The summed E-state index contributed by atoms with van der Waals surface area (Å²) >= 11 is 2.80. The predicted molar refractivity (Wildman–Crippen MR) is 54.7 cm³/mol. The summed E-state index contributed by atoms with van der Waals surface area (Å²) in [5, 5.41) is 28.1. The van der Waals surface area contributed by atoms with Crippen LogP contribution >= 0.6 is 15.9 Å². The molecule has 0 heterocycles. The van der Waals surface area contributed by atoms with E-state index in [9.17, 15) is 19.7 Å². The lowest BCUT2D eigenvalue weighted by Crippen LogP contribution is -2.11. The molecule has 0 bridgehead atoms. The van der Waals surface area contributed by atoms with Gasteiger partial charge in [0.1, 0.15) is 0 Å². The van der Waals surface area contributed by atoms with E-state index in [1.54, 1.807) is 0 Å². The average molecular weight is 290 g/mol. The van der Waals surface area contributed by atoms with Gasteiger partial charge in [-0.1, -0.05) is 0 Å². The van der Waals surface area contributed by atoms with E-state index in [1.807, 2.05) is 0 Å². The fourth-order valence-corrected chi connectivity index (χ4v) is 1.61. The van der Waals surface area contributed by atoms with Crippen LogP contribution in [0.15, 0.2) is 16.6 Å². The van der Waals surface area contributed by atoms with Gasteiger partial charge in [-0.3, -0.25) is 10.1 Å². The Morgan fingerprint density at radius 3 is 2.19 bits per heavy atom. The first-order valence-corrected chi connectivity index (χ1v) is 4.59. The summed E-state index contributed by atoms with van der Waals surface area (Å²) in [4.78, 5) is 31.2. The second-order valence-electron chi connectivity index (χ2n) is 2.69. The molecule has 1 aromatic carbocycles. The Morgan fingerprint density at radius 2 is 1.81 bits per heavy atom. The monoisotopic (exact) mass is 289 g/mol. The number of rotatable bonds is 3. The minimum atomic E-state index is -1.66. The van der Waals surface area contributed by atoms with E-state index < -0.39 is 33.7 Å². The summed E-state index contributed by atoms with van der Waals surface area (Å²) in [6, 6.07) is 2.11. The summed E-state index contributed by atoms with van der Waals surface area (Å²) in [6.45, 7) is 0. The second-order valence-corrected chi connectivity index (χ2v) is 3.54. The summed E-state index contributed by atoms with van der Waals surface area (Å²) < 4.78 is -0.0834. The predicted octanol–water partition coefficient (Wildman–Crippen LogP) is 1.75. The highest BCUT2D eigenvalue weighted by Crippen LogP contribution is 2.31. The van der Waals surface area contributed by atoms with Gasteiger partial charge in [0, 0.05) is 0 Å². The van der Waals surface area contributed by atoms with Crippen molar-refractivity contribution in [3.63, 3.8) is 0 Å². The molecule has 0 radical (unpaired) electrons. The summed E-state index contributed by atoms with van der Waals surface area (Å²) in [5.74, 6) is -3.20. The van der Waals surface area contributed by atoms with Gasteiger partial charge in [0.05, 0.1) is 15.0 Å². The molecule has 16 heavy (non-hydrogen) atoms. The standard InChI is InChI=1S/C8H4BrNO6/c9-4-2-1-3(7(11)12)5(8(13)14)6(4)10(15)16/h1-2H,(H,11,12)(H,13,14). The number of carboxylic acid groups (broad SMARTS) is 2. The SMILES string of the molecule is O=C(O)c1ccc(Br)c([N+](=O)[O-])c1C(=O)O. The molecule has 0 aliphatic carbocycles. The zero-order chi connectivity index (χ0) is 12.5. The molecule has 1 aromatic rings. The molecule has 7 nitrogen and oxygen atoms in total. The van der Waals surface area contributed by atoms with E-state index in [-0.39, 0.29) is 4.47 Å². The van der Waals surface area contributed by atoms with Crippen LogP contribution in [0.25, 0.3) is 0 Å². The molecule has 8 heteroatoms. The van der Waals surface area contributed by atoms with Crippen molar-refractivity contribution in [1.82, 2.24) is 0 Å². The number of hydrogen-bond donors (Lipinski definition) is 2. The largest absolute Gasteiger partial charge is 0.478 e. The molecule has 0 fully saturated rings. The molecule has 0 saturated carbocycles. The van der Waals surface area contributed by atoms with Crippen molar-refractivity contribution in [2.24, 2.45) is 0 Å². The number of nitro groups is 1. The first kappa shape index (κ1) is 12.1.